The maximum Gasteiger partial charge on any atom is 0.416 e. The molecule has 2 rings (SSSR count). The van der Waals surface area contributed by atoms with Gasteiger partial charge in [0.25, 0.3) is 0 Å². The van der Waals surface area contributed by atoms with E-state index in [4.69, 9.17) is 10.5 Å². The minimum atomic E-state index is -4.40. The highest BCUT2D eigenvalue weighted by atomic mass is 19.4. The summed E-state index contributed by atoms with van der Waals surface area (Å²) in [6.07, 6.45) is -5.43. The SMILES string of the molecule is CC(Oc1ccc(C(F)(F)F)cc1)(c1ccccc1)C(O)CN. The lowest BCUT2D eigenvalue weighted by molar-refractivity contribution is -0.137. The Morgan fingerprint density at radius 2 is 1.57 bits per heavy atom. The molecule has 0 saturated heterocycles. The zero-order valence-corrected chi connectivity index (χ0v) is 12.5. The van der Waals surface area contributed by atoms with Crippen molar-refractivity contribution in [3.63, 3.8) is 0 Å². The number of hydrogen-bond donors (Lipinski definition) is 2. The van der Waals surface area contributed by atoms with Gasteiger partial charge < -0.3 is 15.6 Å². The van der Waals surface area contributed by atoms with Crippen LogP contribution in [0.15, 0.2) is 54.6 Å². The molecule has 2 aromatic carbocycles. The van der Waals surface area contributed by atoms with Crippen molar-refractivity contribution in [2.75, 3.05) is 6.54 Å². The van der Waals surface area contributed by atoms with Gasteiger partial charge in [-0.25, -0.2) is 0 Å². The van der Waals surface area contributed by atoms with E-state index in [0.29, 0.717) is 5.56 Å². The molecule has 0 amide bonds. The quantitative estimate of drug-likeness (QED) is 0.887. The van der Waals surface area contributed by atoms with Crippen molar-refractivity contribution in [1.82, 2.24) is 0 Å². The summed E-state index contributed by atoms with van der Waals surface area (Å²) in [5.74, 6) is 0.219. The second-order valence-corrected chi connectivity index (χ2v) is 5.35. The molecule has 2 unspecified atom stereocenters. The molecule has 0 saturated carbocycles. The molecule has 0 spiro atoms. The molecule has 0 radical (unpaired) electrons. The van der Waals surface area contributed by atoms with Crippen molar-refractivity contribution in [1.29, 1.82) is 0 Å². The number of hydrogen-bond acceptors (Lipinski definition) is 3. The number of aliphatic hydroxyl groups is 1. The fourth-order valence-corrected chi connectivity index (χ4v) is 2.27. The van der Waals surface area contributed by atoms with E-state index in [1.54, 1.807) is 31.2 Å². The molecule has 0 aliphatic heterocycles. The van der Waals surface area contributed by atoms with Crippen LogP contribution in [0.5, 0.6) is 5.75 Å². The van der Waals surface area contributed by atoms with E-state index in [2.05, 4.69) is 0 Å². The summed E-state index contributed by atoms with van der Waals surface area (Å²) in [4.78, 5) is 0. The first-order valence-electron chi connectivity index (χ1n) is 7.07. The predicted octanol–water partition coefficient (Wildman–Crippen LogP) is 3.32. The van der Waals surface area contributed by atoms with Crippen LogP contribution >= 0.6 is 0 Å². The summed E-state index contributed by atoms with van der Waals surface area (Å²) in [7, 11) is 0. The van der Waals surface area contributed by atoms with Gasteiger partial charge in [0.05, 0.1) is 5.56 Å². The summed E-state index contributed by atoms with van der Waals surface area (Å²) in [5.41, 5.74) is 4.30. The van der Waals surface area contributed by atoms with Gasteiger partial charge in [0, 0.05) is 6.54 Å². The summed E-state index contributed by atoms with van der Waals surface area (Å²) < 4.78 is 43.6. The topological polar surface area (TPSA) is 55.5 Å². The van der Waals surface area contributed by atoms with E-state index in [-0.39, 0.29) is 12.3 Å². The van der Waals surface area contributed by atoms with E-state index in [1.165, 1.54) is 12.1 Å². The molecule has 2 aromatic rings. The van der Waals surface area contributed by atoms with Crippen LogP contribution in [0.3, 0.4) is 0 Å². The van der Waals surface area contributed by atoms with Crippen LogP contribution in [0, 0.1) is 0 Å². The second kappa shape index (κ2) is 6.60. The van der Waals surface area contributed by atoms with E-state index >= 15 is 0 Å². The van der Waals surface area contributed by atoms with Crippen molar-refractivity contribution < 1.29 is 23.0 Å². The number of nitrogens with two attached hydrogens (primary N) is 1. The van der Waals surface area contributed by atoms with Gasteiger partial charge in [0.1, 0.15) is 11.9 Å². The van der Waals surface area contributed by atoms with Gasteiger partial charge in [-0.05, 0) is 36.8 Å². The molecule has 6 heteroatoms. The highest BCUT2D eigenvalue weighted by Crippen LogP contribution is 2.34. The summed E-state index contributed by atoms with van der Waals surface area (Å²) in [6, 6.07) is 13.3. The van der Waals surface area contributed by atoms with Crippen molar-refractivity contribution in [3.8, 4) is 5.75 Å². The molecule has 0 bridgehead atoms. The lowest BCUT2D eigenvalue weighted by atomic mass is 9.89. The Bertz CT molecular complexity index is 629. The lowest BCUT2D eigenvalue weighted by Gasteiger charge is -2.35. The Labute approximate surface area is 132 Å². The molecule has 2 atom stereocenters. The number of alkyl halides is 3. The van der Waals surface area contributed by atoms with Gasteiger partial charge in [0.15, 0.2) is 5.60 Å². The molecule has 0 fully saturated rings. The van der Waals surface area contributed by atoms with Gasteiger partial charge in [-0.15, -0.1) is 0 Å². The highest BCUT2D eigenvalue weighted by molar-refractivity contribution is 5.32. The Kier molecular flexibility index (Phi) is 4.97. The summed E-state index contributed by atoms with van der Waals surface area (Å²) >= 11 is 0. The molecule has 0 aliphatic rings. The fourth-order valence-electron chi connectivity index (χ4n) is 2.27. The third-order valence-electron chi connectivity index (χ3n) is 3.72. The minimum Gasteiger partial charge on any atom is -0.480 e. The van der Waals surface area contributed by atoms with E-state index in [1.807, 2.05) is 6.07 Å². The van der Waals surface area contributed by atoms with Crippen molar-refractivity contribution in [2.45, 2.75) is 24.8 Å². The third-order valence-corrected chi connectivity index (χ3v) is 3.72. The second-order valence-electron chi connectivity index (χ2n) is 5.35. The minimum absolute atomic E-state index is 0.0496. The van der Waals surface area contributed by atoms with Gasteiger partial charge in [-0.3, -0.25) is 0 Å². The Morgan fingerprint density at radius 3 is 2.04 bits per heavy atom. The number of ether oxygens (including phenoxy) is 1. The Morgan fingerprint density at radius 1 is 1.00 bits per heavy atom. The number of halogens is 3. The molecule has 23 heavy (non-hydrogen) atoms. The van der Waals surface area contributed by atoms with E-state index in [9.17, 15) is 18.3 Å². The average molecular weight is 325 g/mol. The van der Waals surface area contributed by atoms with Crippen LogP contribution in [-0.4, -0.2) is 17.8 Å². The largest absolute Gasteiger partial charge is 0.480 e. The standard InChI is InChI=1S/C17H18F3NO2/c1-16(15(22)11-21,12-5-3-2-4-6-12)23-14-9-7-13(8-10-14)17(18,19)20/h2-10,15,22H,11,21H2,1H3. The van der Waals surface area contributed by atoms with E-state index in [0.717, 1.165) is 12.1 Å². The molecule has 0 aromatic heterocycles. The third kappa shape index (κ3) is 3.83. The van der Waals surface area contributed by atoms with Crippen molar-refractivity contribution >= 4 is 0 Å². The van der Waals surface area contributed by atoms with Gasteiger partial charge >= 0.3 is 6.18 Å². The summed E-state index contributed by atoms with van der Waals surface area (Å²) in [5, 5.41) is 10.2. The van der Waals surface area contributed by atoms with Crippen LogP contribution in [0.25, 0.3) is 0 Å². The summed E-state index contributed by atoms with van der Waals surface area (Å²) in [6.45, 7) is 1.60. The van der Waals surface area contributed by atoms with Gasteiger partial charge in [0.2, 0.25) is 0 Å². The molecule has 0 heterocycles. The fraction of sp³-hybridized carbons (Fsp3) is 0.294. The number of benzene rings is 2. The zero-order valence-electron chi connectivity index (χ0n) is 12.5. The Balaban J connectivity index is 2.32. The maximum absolute atomic E-state index is 12.6. The smallest absolute Gasteiger partial charge is 0.416 e. The van der Waals surface area contributed by atoms with Crippen molar-refractivity contribution in [2.24, 2.45) is 5.73 Å². The molecule has 3 nitrogen and oxygen atoms in total. The first-order chi connectivity index (χ1) is 10.8. The molecular formula is C17H18F3NO2. The van der Waals surface area contributed by atoms with Crippen LogP contribution in [0.1, 0.15) is 18.1 Å². The van der Waals surface area contributed by atoms with Crippen LogP contribution in [-0.2, 0) is 11.8 Å². The van der Waals surface area contributed by atoms with Crippen LogP contribution in [0.2, 0.25) is 0 Å². The molecule has 3 N–H and O–H groups in total. The molecule has 0 aliphatic carbocycles. The molecular weight excluding hydrogens is 307 g/mol. The zero-order chi connectivity index (χ0) is 17.1. The predicted molar refractivity (Wildman–Crippen MR) is 80.9 cm³/mol. The first kappa shape index (κ1) is 17.3. The number of rotatable bonds is 5. The first-order valence-corrected chi connectivity index (χ1v) is 7.07. The van der Waals surface area contributed by atoms with Gasteiger partial charge in [-0.1, -0.05) is 30.3 Å². The number of aliphatic hydroxyl groups excluding tert-OH is 1. The average Bonchev–Trinajstić information content (AvgIpc) is 2.54. The molecule has 124 valence electrons. The van der Waals surface area contributed by atoms with Gasteiger partial charge in [-0.2, -0.15) is 13.2 Å². The Hall–Kier alpha value is -2.05. The highest BCUT2D eigenvalue weighted by Gasteiger charge is 2.37. The maximum atomic E-state index is 12.6. The van der Waals surface area contributed by atoms with Crippen LogP contribution in [0.4, 0.5) is 13.2 Å². The van der Waals surface area contributed by atoms with Crippen LogP contribution < -0.4 is 10.5 Å². The lowest BCUT2D eigenvalue weighted by Crippen LogP contribution is -2.46. The monoisotopic (exact) mass is 325 g/mol. The van der Waals surface area contributed by atoms with Crippen molar-refractivity contribution in [3.05, 3.63) is 65.7 Å². The normalized spacial score (nSPS) is 15.7. The van der Waals surface area contributed by atoms with E-state index < -0.39 is 23.4 Å².